The Kier molecular flexibility index (Phi) is 5.87. The Labute approximate surface area is 69.4 Å². The molecule has 0 amide bonds. The molecule has 0 aromatic heterocycles. The minimum atomic E-state index is 0.639. The molecule has 0 aliphatic rings. The minimum absolute atomic E-state index is 0.639. The number of hydrogen-bond donors (Lipinski definition) is 1. The second-order valence-electron chi connectivity index (χ2n) is 3.28. The van der Waals surface area contributed by atoms with Crippen LogP contribution in [0.3, 0.4) is 0 Å². The molecule has 11 heavy (non-hydrogen) atoms. The van der Waals surface area contributed by atoms with Crippen LogP contribution in [-0.4, -0.2) is 6.54 Å². The lowest BCUT2D eigenvalue weighted by Gasteiger charge is -2.18. The van der Waals surface area contributed by atoms with E-state index in [4.69, 9.17) is 11.0 Å². The van der Waals surface area contributed by atoms with Gasteiger partial charge in [0.2, 0.25) is 0 Å². The third kappa shape index (κ3) is 4.80. The van der Waals surface area contributed by atoms with Gasteiger partial charge < -0.3 is 5.73 Å². The zero-order chi connectivity index (χ0) is 8.69. The van der Waals surface area contributed by atoms with Crippen LogP contribution in [-0.2, 0) is 0 Å². The van der Waals surface area contributed by atoms with E-state index in [-0.39, 0.29) is 0 Å². The highest BCUT2D eigenvalue weighted by molar-refractivity contribution is 4.73. The second-order valence-corrected chi connectivity index (χ2v) is 3.28. The van der Waals surface area contributed by atoms with E-state index in [1.165, 1.54) is 0 Å². The lowest BCUT2D eigenvalue weighted by Crippen LogP contribution is -2.14. The molecule has 64 valence electrons. The monoisotopic (exact) mass is 154 g/mol. The van der Waals surface area contributed by atoms with Gasteiger partial charge in [-0.05, 0) is 31.2 Å². The molecule has 0 aliphatic heterocycles. The van der Waals surface area contributed by atoms with E-state index in [9.17, 15) is 0 Å². The number of nitrogens with zero attached hydrogens (tertiary/aromatic N) is 1. The maximum atomic E-state index is 8.38. The Morgan fingerprint density at radius 1 is 1.36 bits per heavy atom. The van der Waals surface area contributed by atoms with Gasteiger partial charge in [-0.3, -0.25) is 0 Å². The van der Waals surface area contributed by atoms with Gasteiger partial charge in [0, 0.05) is 6.42 Å². The van der Waals surface area contributed by atoms with Gasteiger partial charge in [-0.2, -0.15) is 5.26 Å². The minimum Gasteiger partial charge on any atom is -0.330 e. The van der Waals surface area contributed by atoms with Crippen LogP contribution in [0.4, 0.5) is 0 Å². The lowest BCUT2D eigenvalue weighted by molar-refractivity contribution is 0.344. The normalized spacial score (nSPS) is 13.0. The highest BCUT2D eigenvalue weighted by atomic mass is 14.5. The molecule has 2 nitrogen and oxygen atoms in total. The van der Waals surface area contributed by atoms with E-state index in [0.717, 1.165) is 19.4 Å². The van der Waals surface area contributed by atoms with E-state index in [2.05, 4.69) is 19.9 Å². The van der Waals surface area contributed by atoms with E-state index in [1.54, 1.807) is 0 Å². The Hall–Kier alpha value is -0.550. The van der Waals surface area contributed by atoms with Crippen molar-refractivity contribution in [2.75, 3.05) is 6.54 Å². The zero-order valence-corrected chi connectivity index (χ0v) is 7.51. The summed E-state index contributed by atoms with van der Waals surface area (Å²) in [6, 6.07) is 2.17. The fraction of sp³-hybridized carbons (Fsp3) is 0.889. The Balaban J connectivity index is 3.62. The molecule has 0 rings (SSSR count). The van der Waals surface area contributed by atoms with Crippen molar-refractivity contribution in [3.05, 3.63) is 0 Å². The smallest absolute Gasteiger partial charge is 0.0621 e. The summed E-state index contributed by atoms with van der Waals surface area (Å²) >= 11 is 0. The highest BCUT2D eigenvalue weighted by Crippen LogP contribution is 2.19. The number of nitriles is 1. The first kappa shape index (κ1) is 10.4. The summed E-state index contributed by atoms with van der Waals surface area (Å²) in [5.74, 6) is 1.30. The largest absolute Gasteiger partial charge is 0.330 e. The van der Waals surface area contributed by atoms with Gasteiger partial charge in [0.05, 0.1) is 6.07 Å². The van der Waals surface area contributed by atoms with Crippen LogP contribution in [0.15, 0.2) is 0 Å². The zero-order valence-electron chi connectivity index (χ0n) is 7.51. The molecule has 1 unspecified atom stereocenters. The average molecular weight is 154 g/mol. The van der Waals surface area contributed by atoms with Gasteiger partial charge in [-0.25, -0.2) is 0 Å². The Bertz CT molecular complexity index is 124. The summed E-state index contributed by atoms with van der Waals surface area (Å²) in [4.78, 5) is 0. The number of hydrogen-bond acceptors (Lipinski definition) is 2. The molecule has 0 spiro atoms. The van der Waals surface area contributed by atoms with Crippen molar-refractivity contribution < 1.29 is 0 Å². The summed E-state index contributed by atoms with van der Waals surface area (Å²) in [6.07, 6.45) is 2.73. The van der Waals surface area contributed by atoms with Gasteiger partial charge in [0.15, 0.2) is 0 Å². The summed E-state index contributed by atoms with van der Waals surface area (Å²) in [5, 5.41) is 8.38. The molecule has 2 N–H and O–H groups in total. The topological polar surface area (TPSA) is 49.8 Å². The van der Waals surface area contributed by atoms with E-state index in [0.29, 0.717) is 18.3 Å². The molecule has 1 atom stereocenters. The predicted octanol–water partition coefficient (Wildman–Crippen LogP) is 1.91. The summed E-state index contributed by atoms with van der Waals surface area (Å²) in [5.41, 5.74) is 5.46. The number of rotatable bonds is 5. The van der Waals surface area contributed by atoms with Crippen molar-refractivity contribution in [1.29, 1.82) is 5.26 Å². The molecule has 0 bridgehead atoms. The average Bonchev–Trinajstić information content (AvgIpc) is 1.97. The molecule has 0 aromatic rings. The lowest BCUT2D eigenvalue weighted by atomic mass is 9.88. The standard InChI is InChI=1S/C9H18N2/c1-8(2)9(5-7-11)4-3-6-10/h8-9H,3-5,7,11H2,1-2H3. The first-order chi connectivity index (χ1) is 5.22. The molecular formula is C9H18N2. The fourth-order valence-corrected chi connectivity index (χ4v) is 1.28. The van der Waals surface area contributed by atoms with Gasteiger partial charge >= 0.3 is 0 Å². The van der Waals surface area contributed by atoms with Crippen LogP contribution >= 0.6 is 0 Å². The van der Waals surface area contributed by atoms with Crippen LogP contribution in [0.2, 0.25) is 0 Å². The van der Waals surface area contributed by atoms with Gasteiger partial charge in [0.25, 0.3) is 0 Å². The first-order valence-corrected chi connectivity index (χ1v) is 4.29. The highest BCUT2D eigenvalue weighted by Gasteiger charge is 2.11. The molecule has 0 saturated heterocycles. The van der Waals surface area contributed by atoms with E-state index in [1.807, 2.05) is 0 Å². The maximum Gasteiger partial charge on any atom is 0.0621 e. The predicted molar refractivity (Wildman–Crippen MR) is 46.8 cm³/mol. The maximum absolute atomic E-state index is 8.38. The van der Waals surface area contributed by atoms with Crippen molar-refractivity contribution in [3.8, 4) is 6.07 Å². The SMILES string of the molecule is CC(C)C(CCN)CCC#N. The summed E-state index contributed by atoms with van der Waals surface area (Å²) in [7, 11) is 0. The molecule has 2 heteroatoms. The molecule has 0 heterocycles. The van der Waals surface area contributed by atoms with Crippen LogP contribution in [0.25, 0.3) is 0 Å². The third-order valence-corrected chi connectivity index (χ3v) is 2.11. The Morgan fingerprint density at radius 3 is 2.36 bits per heavy atom. The van der Waals surface area contributed by atoms with Crippen LogP contribution in [0.5, 0.6) is 0 Å². The van der Waals surface area contributed by atoms with Crippen LogP contribution < -0.4 is 5.73 Å². The van der Waals surface area contributed by atoms with Crippen molar-refractivity contribution in [3.63, 3.8) is 0 Å². The molecular weight excluding hydrogens is 136 g/mol. The number of nitrogens with two attached hydrogens (primary N) is 1. The van der Waals surface area contributed by atoms with Crippen LogP contribution in [0.1, 0.15) is 33.1 Å². The quantitative estimate of drug-likeness (QED) is 0.657. The van der Waals surface area contributed by atoms with Gasteiger partial charge in [-0.1, -0.05) is 13.8 Å². The molecule has 0 saturated carbocycles. The van der Waals surface area contributed by atoms with Gasteiger partial charge in [0.1, 0.15) is 0 Å². The molecule has 0 radical (unpaired) electrons. The van der Waals surface area contributed by atoms with Crippen molar-refractivity contribution >= 4 is 0 Å². The third-order valence-electron chi connectivity index (χ3n) is 2.11. The summed E-state index contributed by atoms with van der Waals surface area (Å²) in [6.45, 7) is 5.13. The Morgan fingerprint density at radius 2 is 2.00 bits per heavy atom. The van der Waals surface area contributed by atoms with Crippen molar-refractivity contribution in [2.45, 2.75) is 33.1 Å². The van der Waals surface area contributed by atoms with E-state index < -0.39 is 0 Å². The van der Waals surface area contributed by atoms with Crippen LogP contribution in [0, 0.1) is 23.2 Å². The fourth-order valence-electron chi connectivity index (χ4n) is 1.28. The van der Waals surface area contributed by atoms with E-state index >= 15 is 0 Å². The molecule has 0 fully saturated rings. The second kappa shape index (κ2) is 6.18. The summed E-state index contributed by atoms with van der Waals surface area (Å²) < 4.78 is 0. The molecule has 0 aliphatic carbocycles. The van der Waals surface area contributed by atoms with Gasteiger partial charge in [-0.15, -0.1) is 0 Å². The molecule has 0 aromatic carbocycles. The van der Waals surface area contributed by atoms with Crippen molar-refractivity contribution in [2.24, 2.45) is 17.6 Å². The van der Waals surface area contributed by atoms with Crippen molar-refractivity contribution in [1.82, 2.24) is 0 Å². The first-order valence-electron chi connectivity index (χ1n) is 4.29.